The van der Waals surface area contributed by atoms with Crippen LogP contribution in [0.2, 0.25) is 10.3 Å². The molecule has 27 heavy (non-hydrogen) atoms. The van der Waals surface area contributed by atoms with Crippen LogP contribution in [0.5, 0.6) is 0 Å². The quantitative estimate of drug-likeness (QED) is 0.668. The van der Waals surface area contributed by atoms with Crippen LogP contribution < -0.4 is 0 Å². The minimum Gasteiger partial charge on any atom is -0.444 e. The van der Waals surface area contributed by atoms with Crippen molar-refractivity contribution >= 4 is 29.3 Å². The van der Waals surface area contributed by atoms with Crippen molar-refractivity contribution in [3.63, 3.8) is 0 Å². The zero-order chi connectivity index (χ0) is 19.6. The first-order valence-corrected chi connectivity index (χ1v) is 9.35. The average molecular weight is 410 g/mol. The van der Waals surface area contributed by atoms with Crippen LogP contribution in [-0.2, 0) is 9.47 Å². The highest BCUT2D eigenvalue weighted by Crippen LogP contribution is 2.32. The minimum absolute atomic E-state index is 0.158. The maximum atomic E-state index is 12.7. The molecule has 1 amide bonds. The molecular weight excluding hydrogens is 389 g/mol. The van der Waals surface area contributed by atoms with Crippen LogP contribution in [0.3, 0.4) is 0 Å². The van der Waals surface area contributed by atoms with E-state index in [1.165, 1.54) is 0 Å². The highest BCUT2D eigenvalue weighted by Gasteiger charge is 2.32. The Hall–Kier alpha value is -1.89. The van der Waals surface area contributed by atoms with Gasteiger partial charge < -0.3 is 9.47 Å². The number of ether oxygens (including phenoxy) is 2. The third-order valence-corrected chi connectivity index (χ3v) is 4.38. The molecule has 8 heteroatoms. The van der Waals surface area contributed by atoms with Gasteiger partial charge in [-0.1, -0.05) is 11.6 Å². The van der Waals surface area contributed by atoms with Gasteiger partial charge in [0.05, 0.1) is 24.9 Å². The average Bonchev–Trinajstić information content (AvgIpc) is 2.60. The lowest BCUT2D eigenvalue weighted by Gasteiger charge is -2.37. The number of rotatable bonds is 2. The maximum Gasteiger partial charge on any atom is 0.410 e. The van der Waals surface area contributed by atoms with Gasteiger partial charge in [0.25, 0.3) is 0 Å². The van der Waals surface area contributed by atoms with Crippen LogP contribution in [0.1, 0.15) is 32.4 Å². The minimum atomic E-state index is -0.572. The van der Waals surface area contributed by atoms with Gasteiger partial charge >= 0.3 is 6.09 Å². The molecular formula is C19H21Cl2N3O3. The fraction of sp³-hybridized carbons (Fsp3) is 0.421. The number of hydrogen-bond donors (Lipinski definition) is 0. The molecule has 1 aromatic carbocycles. The zero-order valence-corrected chi connectivity index (χ0v) is 16.9. The summed E-state index contributed by atoms with van der Waals surface area (Å²) >= 11 is 12.2. The number of benzene rings is 1. The number of halogens is 2. The van der Waals surface area contributed by atoms with Gasteiger partial charge in [-0.15, -0.1) is 0 Å². The number of morpholine rings is 1. The molecule has 0 bridgehead atoms. The Morgan fingerprint density at radius 3 is 2.78 bits per heavy atom. The smallest absolute Gasteiger partial charge is 0.410 e. The number of carbonyl (C=O) groups excluding carboxylic acids is 1. The predicted molar refractivity (Wildman–Crippen MR) is 104 cm³/mol. The second-order valence-electron chi connectivity index (χ2n) is 7.25. The second kappa shape index (κ2) is 8.00. The molecule has 6 nitrogen and oxygen atoms in total. The molecule has 0 aliphatic carbocycles. The van der Waals surface area contributed by atoms with Crippen LogP contribution in [-0.4, -0.2) is 46.3 Å². The molecule has 1 atom stereocenters. The molecule has 1 aromatic heterocycles. The lowest BCUT2D eigenvalue weighted by Crippen LogP contribution is -2.45. The van der Waals surface area contributed by atoms with E-state index in [2.05, 4.69) is 9.97 Å². The Kier molecular flexibility index (Phi) is 5.89. The van der Waals surface area contributed by atoms with Gasteiger partial charge in [-0.2, -0.15) is 0 Å². The third-order valence-electron chi connectivity index (χ3n) is 3.98. The third kappa shape index (κ3) is 5.09. The largest absolute Gasteiger partial charge is 0.444 e. The Labute approximate surface area is 168 Å². The molecule has 0 spiro atoms. The summed E-state index contributed by atoms with van der Waals surface area (Å²) in [5.74, 6) is 0. The Balaban J connectivity index is 1.94. The standard InChI is InChI=1S/C19H21Cl2N3O3/c1-19(2,3)27-18(25)24-6-7-26-11-16(24)13-8-12(9-14(20)10-13)15-4-5-22-17(21)23-15/h4-5,8-10,16H,6-7,11H2,1-3H3/t16-/m0/s1. The van der Waals surface area contributed by atoms with Gasteiger partial charge in [0.15, 0.2) is 0 Å². The molecule has 2 aromatic rings. The summed E-state index contributed by atoms with van der Waals surface area (Å²) in [6, 6.07) is 7.00. The highest BCUT2D eigenvalue weighted by atomic mass is 35.5. The van der Waals surface area contributed by atoms with Crippen molar-refractivity contribution in [1.82, 2.24) is 14.9 Å². The van der Waals surface area contributed by atoms with Crippen molar-refractivity contribution in [2.45, 2.75) is 32.4 Å². The van der Waals surface area contributed by atoms with Crippen LogP contribution in [0.25, 0.3) is 11.3 Å². The molecule has 0 unspecified atom stereocenters. The Morgan fingerprint density at radius 2 is 2.07 bits per heavy atom. The molecule has 0 N–H and O–H groups in total. The van der Waals surface area contributed by atoms with E-state index < -0.39 is 5.60 Å². The van der Waals surface area contributed by atoms with Gasteiger partial charge in [-0.05, 0) is 62.2 Å². The number of hydrogen-bond acceptors (Lipinski definition) is 5. The molecule has 1 saturated heterocycles. The molecule has 2 heterocycles. The summed E-state index contributed by atoms with van der Waals surface area (Å²) in [5, 5.41) is 0.692. The lowest BCUT2D eigenvalue weighted by molar-refractivity contribution is -0.0331. The summed E-state index contributed by atoms with van der Waals surface area (Å²) in [4.78, 5) is 22.5. The SMILES string of the molecule is CC(C)(C)OC(=O)N1CCOC[C@H]1c1cc(Cl)cc(-c2ccnc(Cl)n2)c1. The summed E-state index contributed by atoms with van der Waals surface area (Å²) in [6.45, 7) is 6.80. The molecule has 0 saturated carbocycles. The van der Waals surface area contributed by atoms with E-state index in [0.29, 0.717) is 30.5 Å². The number of aromatic nitrogens is 2. The summed E-state index contributed by atoms with van der Waals surface area (Å²) in [6.07, 6.45) is 1.21. The number of nitrogens with zero attached hydrogens (tertiary/aromatic N) is 3. The van der Waals surface area contributed by atoms with Crippen LogP contribution in [0, 0.1) is 0 Å². The van der Waals surface area contributed by atoms with Crippen molar-refractivity contribution in [1.29, 1.82) is 0 Å². The zero-order valence-electron chi connectivity index (χ0n) is 15.4. The molecule has 1 fully saturated rings. The van der Waals surface area contributed by atoms with Gasteiger partial charge in [0, 0.05) is 23.3 Å². The molecule has 1 aliphatic heterocycles. The molecule has 3 rings (SSSR count). The summed E-state index contributed by atoms with van der Waals surface area (Å²) in [5.41, 5.74) is 1.71. The normalized spacial score (nSPS) is 17.7. The van der Waals surface area contributed by atoms with Gasteiger partial charge in [-0.25, -0.2) is 14.8 Å². The number of carbonyl (C=O) groups is 1. The maximum absolute atomic E-state index is 12.7. The predicted octanol–water partition coefficient (Wildman–Crippen LogP) is 4.76. The highest BCUT2D eigenvalue weighted by molar-refractivity contribution is 6.31. The first-order valence-electron chi connectivity index (χ1n) is 8.60. The van der Waals surface area contributed by atoms with Gasteiger partial charge in [-0.3, -0.25) is 4.90 Å². The van der Waals surface area contributed by atoms with Crippen molar-refractivity contribution in [3.05, 3.63) is 46.3 Å². The Bertz CT molecular complexity index is 839. The van der Waals surface area contributed by atoms with E-state index in [0.717, 1.165) is 11.1 Å². The van der Waals surface area contributed by atoms with E-state index in [9.17, 15) is 4.79 Å². The van der Waals surface area contributed by atoms with Crippen LogP contribution in [0.15, 0.2) is 30.5 Å². The van der Waals surface area contributed by atoms with Crippen molar-refractivity contribution in [2.75, 3.05) is 19.8 Å². The lowest BCUT2D eigenvalue weighted by atomic mass is 10.0. The molecule has 144 valence electrons. The monoisotopic (exact) mass is 409 g/mol. The van der Waals surface area contributed by atoms with Gasteiger partial charge in [0.1, 0.15) is 5.60 Å². The Morgan fingerprint density at radius 1 is 1.30 bits per heavy atom. The van der Waals surface area contributed by atoms with Crippen LogP contribution in [0.4, 0.5) is 4.79 Å². The van der Waals surface area contributed by atoms with E-state index in [1.807, 2.05) is 32.9 Å². The van der Waals surface area contributed by atoms with Crippen molar-refractivity contribution < 1.29 is 14.3 Å². The molecule has 0 radical (unpaired) electrons. The summed E-state index contributed by atoms with van der Waals surface area (Å²) in [7, 11) is 0. The molecule has 1 aliphatic rings. The van der Waals surface area contributed by atoms with E-state index >= 15 is 0 Å². The first kappa shape index (κ1) is 19.9. The fourth-order valence-electron chi connectivity index (χ4n) is 2.87. The second-order valence-corrected chi connectivity index (χ2v) is 8.02. The van der Waals surface area contributed by atoms with E-state index in [1.54, 1.807) is 23.2 Å². The van der Waals surface area contributed by atoms with E-state index in [-0.39, 0.29) is 17.4 Å². The first-order chi connectivity index (χ1) is 12.7. The van der Waals surface area contributed by atoms with E-state index in [4.69, 9.17) is 32.7 Å². The number of amides is 1. The van der Waals surface area contributed by atoms with Crippen LogP contribution >= 0.6 is 23.2 Å². The van der Waals surface area contributed by atoms with Crippen molar-refractivity contribution in [2.24, 2.45) is 0 Å². The summed E-state index contributed by atoms with van der Waals surface area (Å²) < 4.78 is 11.2. The van der Waals surface area contributed by atoms with Gasteiger partial charge in [0.2, 0.25) is 5.28 Å². The topological polar surface area (TPSA) is 64.5 Å². The fourth-order valence-corrected chi connectivity index (χ4v) is 3.26. The van der Waals surface area contributed by atoms with Crippen molar-refractivity contribution in [3.8, 4) is 11.3 Å².